The number of hydrogen-bond acceptors (Lipinski definition) is 9. The molecule has 1 saturated carbocycles. The van der Waals surface area contributed by atoms with E-state index < -0.39 is 57.1 Å². The number of carbonyl (C=O) groups excluding carboxylic acids is 1. The summed E-state index contributed by atoms with van der Waals surface area (Å²) in [4.78, 5) is 28.8. The van der Waals surface area contributed by atoms with Gasteiger partial charge in [-0.1, -0.05) is 65.2 Å². The Kier molecular flexibility index (Phi) is 12.5. The van der Waals surface area contributed by atoms with Gasteiger partial charge in [0.1, 0.15) is 22.2 Å². The highest BCUT2D eigenvalue weighted by molar-refractivity contribution is 7.89. The number of benzene rings is 3. The number of rotatable bonds is 16. The highest BCUT2D eigenvalue weighted by Gasteiger charge is 2.40. The molecule has 2 N–H and O–H groups in total. The topological polar surface area (TPSA) is 158 Å². The number of aromatic nitrogens is 1. The molecule has 4 aliphatic rings. The summed E-state index contributed by atoms with van der Waals surface area (Å²) in [6, 6.07) is 12.8. The first kappa shape index (κ1) is 41.6. The Hall–Kier alpha value is -4.54. The number of hydrogen-bond donors (Lipinski definition) is 2. The number of piperidine rings is 3. The van der Waals surface area contributed by atoms with Crippen molar-refractivity contribution in [2.45, 2.75) is 68.6 Å². The molecule has 3 atom stereocenters. The third kappa shape index (κ3) is 9.50. The molecule has 3 saturated heterocycles. The maximum atomic E-state index is 14.9. The number of carboxylic acid groups (broad SMARTS) is 1. The van der Waals surface area contributed by atoms with Crippen molar-refractivity contribution in [1.29, 1.82) is 0 Å². The predicted molar refractivity (Wildman–Crippen MR) is 209 cm³/mol. The van der Waals surface area contributed by atoms with Gasteiger partial charge in [-0.05, 0) is 105 Å². The third-order valence-corrected chi connectivity index (χ3v) is 13.1. The van der Waals surface area contributed by atoms with Crippen LogP contribution in [-0.2, 0) is 26.0 Å². The molecular formula is C41H41Cl2F2N3O9S. The van der Waals surface area contributed by atoms with E-state index in [4.69, 9.17) is 37.4 Å². The van der Waals surface area contributed by atoms with Gasteiger partial charge >= 0.3 is 18.6 Å². The lowest BCUT2D eigenvalue weighted by Gasteiger charge is -2.44. The number of carboxylic acids is 1. The van der Waals surface area contributed by atoms with Crippen molar-refractivity contribution in [3.63, 3.8) is 0 Å². The molecule has 3 aromatic carbocycles. The molecule has 12 nitrogen and oxygen atoms in total. The lowest BCUT2D eigenvalue weighted by Crippen LogP contribution is -2.52. The van der Waals surface area contributed by atoms with E-state index in [0.29, 0.717) is 16.8 Å². The van der Waals surface area contributed by atoms with Crippen LogP contribution in [0, 0.1) is 24.0 Å². The Morgan fingerprint density at radius 1 is 0.983 bits per heavy atom. The van der Waals surface area contributed by atoms with Gasteiger partial charge < -0.3 is 24.5 Å². The lowest BCUT2D eigenvalue weighted by molar-refractivity contribution is -0.605. The van der Waals surface area contributed by atoms with Crippen LogP contribution in [0.1, 0.15) is 75.8 Å². The maximum Gasteiger partial charge on any atom is 0.387 e. The number of sulfonamides is 1. The first-order chi connectivity index (χ1) is 27.7. The number of nitrogens with one attached hydrogen (secondary N) is 1. The zero-order chi connectivity index (χ0) is 41.3. The van der Waals surface area contributed by atoms with Crippen molar-refractivity contribution in [1.82, 2.24) is 9.62 Å². The monoisotopic (exact) mass is 859 g/mol. The van der Waals surface area contributed by atoms with E-state index in [1.54, 1.807) is 24.3 Å². The molecule has 0 radical (unpaired) electrons. The van der Waals surface area contributed by atoms with Crippen molar-refractivity contribution in [2.24, 2.45) is 11.8 Å². The summed E-state index contributed by atoms with van der Waals surface area (Å²) in [5.74, 6) is -3.58. The summed E-state index contributed by atoms with van der Waals surface area (Å²) in [6.45, 7) is 1.15. The van der Waals surface area contributed by atoms with Gasteiger partial charge in [0.2, 0.25) is 10.0 Å². The van der Waals surface area contributed by atoms with Crippen LogP contribution in [0.2, 0.25) is 10.0 Å². The second kappa shape index (κ2) is 17.4. The summed E-state index contributed by atoms with van der Waals surface area (Å²) in [5, 5.41) is 22.6. The molecule has 2 bridgehead atoms. The van der Waals surface area contributed by atoms with Crippen LogP contribution < -0.4 is 18.9 Å². The van der Waals surface area contributed by atoms with Gasteiger partial charge in [0.05, 0.1) is 17.1 Å². The number of aromatic carboxylic acids is 1. The van der Waals surface area contributed by atoms with E-state index in [2.05, 4.69) is 9.62 Å². The number of aryl methyl sites for hydroxylation is 1. The molecule has 4 fully saturated rings. The average molecular weight is 861 g/mol. The highest BCUT2D eigenvalue weighted by Crippen LogP contribution is 2.42. The van der Waals surface area contributed by atoms with Gasteiger partial charge in [-0.15, -0.1) is 0 Å². The number of fused-ring (bicyclic) bond motifs is 3. The molecule has 8 rings (SSSR count). The summed E-state index contributed by atoms with van der Waals surface area (Å²) in [7, 11) is -4.82. The fourth-order valence-corrected chi connectivity index (χ4v) is 9.74. The van der Waals surface area contributed by atoms with Crippen molar-refractivity contribution in [2.75, 3.05) is 26.2 Å². The van der Waals surface area contributed by atoms with Crippen LogP contribution in [0.3, 0.4) is 0 Å². The largest absolute Gasteiger partial charge is 0.619 e. The third-order valence-electron chi connectivity index (χ3n) is 10.9. The van der Waals surface area contributed by atoms with Gasteiger partial charge in [-0.25, -0.2) is 18.0 Å². The molecule has 4 aromatic rings. The molecular weight excluding hydrogens is 819 g/mol. The Balaban J connectivity index is 1.35. The van der Waals surface area contributed by atoms with Crippen molar-refractivity contribution in [3.8, 4) is 11.5 Å². The highest BCUT2D eigenvalue weighted by atomic mass is 35.5. The van der Waals surface area contributed by atoms with Crippen LogP contribution in [0.25, 0.3) is 0 Å². The van der Waals surface area contributed by atoms with Crippen molar-refractivity contribution >= 4 is 45.2 Å². The van der Waals surface area contributed by atoms with Crippen LogP contribution in [0.4, 0.5) is 8.78 Å². The number of alkyl halides is 2. The Morgan fingerprint density at radius 2 is 1.66 bits per heavy atom. The molecule has 0 amide bonds. The molecule has 3 aliphatic heterocycles. The van der Waals surface area contributed by atoms with E-state index in [1.165, 1.54) is 36.4 Å². The van der Waals surface area contributed by atoms with E-state index in [0.717, 1.165) is 56.7 Å². The minimum absolute atomic E-state index is 0.0809. The predicted octanol–water partition coefficient (Wildman–Crippen LogP) is 7.06. The number of carbonyl (C=O) groups is 2. The van der Waals surface area contributed by atoms with Crippen LogP contribution in [0.5, 0.6) is 11.5 Å². The SMILES string of the molecule is Cc1ccc(C(NS(=O)(=O)c2cccc(C(=O)O)c2[C@@H](Cc2c(Cl)c[n+]([O-])cc2Cl)c2ccc(OC(F)F)c(OCC3CC3)c2)C(=O)O[C@H]2CN3CCC2CC3)cc1. The zero-order valence-electron chi connectivity index (χ0n) is 31.3. The molecule has 1 aromatic heterocycles. The van der Waals surface area contributed by atoms with Gasteiger partial charge in [-0.3, -0.25) is 4.90 Å². The molecule has 1 unspecified atom stereocenters. The Bertz CT molecular complexity index is 2270. The van der Waals surface area contributed by atoms with E-state index in [1.807, 2.05) is 6.92 Å². The Labute approximate surface area is 344 Å². The standard InChI is InChI=1S/C41H41Cl2F2N3O9S/c1-23-5-9-26(10-6-23)38(40(51)56-35-21-47-15-13-25(35)14-16-47)46-58(53,54)36-4-2-3-28(39(49)50)37(36)29(18-30-31(42)19-48(52)20-32(30)43)27-11-12-33(57-41(44)45)34(17-27)55-22-24-7-8-24/h2-6,9-12,17,19-20,24-25,29,35,38,41,46H,7-8,13-16,18,21-22H2,1H3,(H,49,50)/t29-,35-,38?/m0/s1. The molecule has 58 heavy (non-hydrogen) atoms. The number of halogens is 4. The molecule has 17 heteroatoms. The lowest BCUT2D eigenvalue weighted by atomic mass is 9.83. The van der Waals surface area contributed by atoms with Crippen LogP contribution >= 0.6 is 23.2 Å². The first-order valence-electron chi connectivity index (χ1n) is 18.8. The number of esters is 1. The normalized spacial score (nSPS) is 20.1. The van der Waals surface area contributed by atoms with Gasteiger partial charge in [0, 0.05) is 18.0 Å². The smallest absolute Gasteiger partial charge is 0.387 e. The second-order valence-corrected chi connectivity index (χ2v) is 17.5. The minimum Gasteiger partial charge on any atom is -0.619 e. The van der Waals surface area contributed by atoms with Crippen LogP contribution in [-0.4, -0.2) is 69.3 Å². The fraction of sp³-hybridized carbons (Fsp3) is 0.390. The number of pyridine rings is 1. The van der Waals surface area contributed by atoms with Crippen molar-refractivity contribution < 1.29 is 50.8 Å². The summed E-state index contributed by atoms with van der Waals surface area (Å²) in [6.07, 6.45) is 4.83. The van der Waals surface area contributed by atoms with Gasteiger partial charge in [-0.2, -0.15) is 18.2 Å². The van der Waals surface area contributed by atoms with E-state index in [9.17, 15) is 37.1 Å². The van der Waals surface area contributed by atoms with E-state index >= 15 is 0 Å². The van der Waals surface area contributed by atoms with Crippen molar-refractivity contribution in [3.05, 3.63) is 122 Å². The van der Waals surface area contributed by atoms with Gasteiger partial charge in [0.15, 0.2) is 23.9 Å². The molecule has 308 valence electrons. The minimum atomic E-state index is -4.82. The molecule has 1 aliphatic carbocycles. The quantitative estimate of drug-likeness (QED) is 0.0680. The molecule has 4 heterocycles. The molecule has 0 spiro atoms. The van der Waals surface area contributed by atoms with Gasteiger partial charge in [0.25, 0.3) is 0 Å². The summed E-state index contributed by atoms with van der Waals surface area (Å²) < 4.78 is 76.4. The average Bonchev–Trinajstić information content (AvgIpc) is 4.02. The first-order valence-corrected chi connectivity index (χ1v) is 21.1. The Morgan fingerprint density at radius 3 is 2.26 bits per heavy atom. The fourth-order valence-electron chi connectivity index (χ4n) is 7.67. The summed E-state index contributed by atoms with van der Waals surface area (Å²) in [5.41, 5.74) is 0.891. The van der Waals surface area contributed by atoms with E-state index in [-0.39, 0.29) is 63.1 Å². The van der Waals surface area contributed by atoms with Crippen LogP contribution in [0.15, 0.2) is 78.0 Å². The maximum absolute atomic E-state index is 14.9. The summed E-state index contributed by atoms with van der Waals surface area (Å²) >= 11 is 13.1. The zero-order valence-corrected chi connectivity index (χ0v) is 33.6. The number of ether oxygens (including phenoxy) is 3. The second-order valence-electron chi connectivity index (χ2n) is 15.0. The number of nitrogens with zero attached hydrogens (tertiary/aromatic N) is 2.